The summed E-state index contributed by atoms with van der Waals surface area (Å²) in [5, 5.41) is 11.7. The largest absolute Gasteiger partial charge is 0.496 e. The van der Waals surface area contributed by atoms with Gasteiger partial charge in [-0.2, -0.15) is 0 Å². The van der Waals surface area contributed by atoms with Crippen LogP contribution in [-0.2, 0) is 11.2 Å². The number of likely N-dealkylation sites (tertiary alicyclic amines) is 2. The predicted octanol–water partition coefficient (Wildman–Crippen LogP) is 3.83. The molecular weight excluding hydrogens is 482 g/mol. The molecule has 0 atom stereocenters. The lowest BCUT2D eigenvalue weighted by Crippen LogP contribution is -2.47. The number of methoxy groups -OCH3 is 1. The highest BCUT2D eigenvalue weighted by Crippen LogP contribution is 2.32. The standard InChI is InChI=1S/C30H35N3O5/c1-20-8-12-32(13-9-20)29(36)27(34)24-19-31-25-17-26(38-2)23(16-22(24)25)28(35)33-14-10-30(37,11-15-33)18-21-6-4-3-5-7-21/h3-7,16-17,19-20,31,37H,8-15,18H2,1-2H3. The summed E-state index contributed by atoms with van der Waals surface area (Å²) in [5.41, 5.74) is 1.43. The van der Waals surface area contributed by atoms with Crippen LogP contribution in [0.15, 0.2) is 48.7 Å². The SMILES string of the molecule is COc1cc2[nH]cc(C(=O)C(=O)N3CCC(C)CC3)c2cc1C(=O)N1CCC(O)(Cc2ccccc2)CC1. The summed E-state index contributed by atoms with van der Waals surface area (Å²) < 4.78 is 5.53. The van der Waals surface area contributed by atoms with Crippen molar-refractivity contribution in [3.05, 3.63) is 65.4 Å². The predicted molar refractivity (Wildman–Crippen MR) is 144 cm³/mol. The zero-order valence-electron chi connectivity index (χ0n) is 22.0. The van der Waals surface area contributed by atoms with Gasteiger partial charge < -0.3 is 24.6 Å². The van der Waals surface area contributed by atoms with E-state index in [0.29, 0.717) is 73.6 Å². The molecule has 200 valence electrons. The van der Waals surface area contributed by atoms with Crippen molar-refractivity contribution in [3.8, 4) is 5.75 Å². The number of amides is 2. The molecular formula is C30H35N3O5. The number of nitrogens with zero attached hydrogens (tertiary/aromatic N) is 2. The van der Waals surface area contributed by atoms with Crippen molar-refractivity contribution >= 4 is 28.5 Å². The van der Waals surface area contributed by atoms with Crippen LogP contribution in [0, 0.1) is 5.92 Å². The molecule has 0 saturated carbocycles. The first-order valence-electron chi connectivity index (χ1n) is 13.4. The monoisotopic (exact) mass is 517 g/mol. The molecule has 3 aromatic rings. The van der Waals surface area contributed by atoms with Crippen molar-refractivity contribution in [1.82, 2.24) is 14.8 Å². The number of fused-ring (bicyclic) bond motifs is 1. The smallest absolute Gasteiger partial charge is 0.295 e. The molecule has 2 fully saturated rings. The average Bonchev–Trinajstić information content (AvgIpc) is 3.35. The van der Waals surface area contributed by atoms with Crippen LogP contribution in [0.5, 0.6) is 5.75 Å². The molecule has 2 amide bonds. The van der Waals surface area contributed by atoms with Gasteiger partial charge in [-0.3, -0.25) is 14.4 Å². The van der Waals surface area contributed by atoms with E-state index in [9.17, 15) is 19.5 Å². The number of carbonyl (C=O) groups excluding carboxylic acids is 3. The van der Waals surface area contributed by atoms with Crippen LogP contribution in [0.4, 0.5) is 0 Å². The van der Waals surface area contributed by atoms with Crippen molar-refractivity contribution < 1.29 is 24.2 Å². The van der Waals surface area contributed by atoms with E-state index in [1.807, 2.05) is 30.3 Å². The molecule has 1 aromatic heterocycles. The molecule has 0 bridgehead atoms. The molecule has 0 radical (unpaired) electrons. The lowest BCUT2D eigenvalue weighted by molar-refractivity contribution is -0.127. The molecule has 0 spiro atoms. The highest BCUT2D eigenvalue weighted by molar-refractivity contribution is 6.45. The number of ketones is 1. The molecule has 38 heavy (non-hydrogen) atoms. The fourth-order valence-corrected chi connectivity index (χ4v) is 5.59. The fourth-order valence-electron chi connectivity index (χ4n) is 5.59. The van der Waals surface area contributed by atoms with Gasteiger partial charge in [0, 0.05) is 55.8 Å². The van der Waals surface area contributed by atoms with Crippen LogP contribution in [0.25, 0.3) is 10.9 Å². The Morgan fingerprint density at radius 2 is 1.68 bits per heavy atom. The van der Waals surface area contributed by atoms with Gasteiger partial charge in [0.1, 0.15) is 5.75 Å². The number of rotatable bonds is 6. The van der Waals surface area contributed by atoms with Gasteiger partial charge in [0.05, 0.1) is 23.8 Å². The van der Waals surface area contributed by atoms with Gasteiger partial charge in [-0.25, -0.2) is 0 Å². The zero-order valence-corrected chi connectivity index (χ0v) is 22.0. The number of hydrogen-bond acceptors (Lipinski definition) is 5. The summed E-state index contributed by atoms with van der Waals surface area (Å²) in [6.07, 6.45) is 4.79. The average molecular weight is 518 g/mol. The number of ether oxygens (including phenoxy) is 1. The van der Waals surface area contributed by atoms with Crippen molar-refractivity contribution in [3.63, 3.8) is 0 Å². The molecule has 2 aliphatic heterocycles. The third-order valence-corrected chi connectivity index (χ3v) is 8.10. The second kappa shape index (κ2) is 10.6. The highest BCUT2D eigenvalue weighted by Gasteiger charge is 2.35. The zero-order chi connectivity index (χ0) is 26.9. The summed E-state index contributed by atoms with van der Waals surface area (Å²) in [5.74, 6) is -0.354. The number of carbonyl (C=O) groups is 3. The van der Waals surface area contributed by atoms with E-state index in [4.69, 9.17) is 4.74 Å². The number of hydrogen-bond donors (Lipinski definition) is 2. The fraction of sp³-hybridized carbons (Fsp3) is 0.433. The first kappa shape index (κ1) is 26.0. The highest BCUT2D eigenvalue weighted by atomic mass is 16.5. The maximum atomic E-state index is 13.6. The molecule has 0 unspecified atom stereocenters. The molecule has 2 aromatic carbocycles. The molecule has 0 aliphatic carbocycles. The van der Waals surface area contributed by atoms with E-state index in [1.54, 1.807) is 21.9 Å². The Bertz CT molecular complexity index is 1330. The van der Waals surface area contributed by atoms with Crippen molar-refractivity contribution in [2.45, 2.75) is 44.6 Å². The number of aromatic amines is 1. The second-order valence-corrected chi connectivity index (χ2v) is 10.8. The lowest BCUT2D eigenvalue weighted by Gasteiger charge is -2.38. The molecule has 2 N–H and O–H groups in total. The summed E-state index contributed by atoms with van der Waals surface area (Å²) in [7, 11) is 1.50. The summed E-state index contributed by atoms with van der Waals surface area (Å²) in [6, 6.07) is 13.2. The maximum absolute atomic E-state index is 13.6. The van der Waals surface area contributed by atoms with Gasteiger partial charge in [0.25, 0.3) is 17.6 Å². The number of Topliss-reactive ketones (excluding diaryl/α,β-unsaturated/α-hetero) is 1. The van der Waals surface area contributed by atoms with E-state index in [1.165, 1.54) is 13.3 Å². The van der Waals surface area contributed by atoms with Crippen molar-refractivity contribution in [2.24, 2.45) is 5.92 Å². The minimum absolute atomic E-state index is 0.221. The molecule has 8 nitrogen and oxygen atoms in total. The minimum atomic E-state index is -0.862. The van der Waals surface area contributed by atoms with Crippen LogP contribution in [0.1, 0.15) is 58.9 Å². The summed E-state index contributed by atoms with van der Waals surface area (Å²) in [4.78, 5) is 46.2. The van der Waals surface area contributed by atoms with E-state index in [0.717, 1.165) is 18.4 Å². The van der Waals surface area contributed by atoms with Crippen LogP contribution >= 0.6 is 0 Å². The third-order valence-electron chi connectivity index (χ3n) is 8.10. The number of nitrogens with one attached hydrogen (secondary N) is 1. The van der Waals surface area contributed by atoms with E-state index >= 15 is 0 Å². The van der Waals surface area contributed by atoms with Gasteiger partial charge in [-0.1, -0.05) is 37.3 Å². The Balaban J connectivity index is 1.34. The molecule has 2 aliphatic rings. The van der Waals surface area contributed by atoms with Crippen molar-refractivity contribution in [1.29, 1.82) is 0 Å². The Kier molecular flexibility index (Phi) is 7.25. The summed E-state index contributed by atoms with van der Waals surface area (Å²) >= 11 is 0. The molecule has 8 heteroatoms. The van der Waals surface area contributed by atoms with E-state index in [2.05, 4.69) is 11.9 Å². The van der Waals surface area contributed by atoms with Crippen LogP contribution in [0.3, 0.4) is 0 Å². The molecule has 5 rings (SSSR count). The van der Waals surface area contributed by atoms with E-state index < -0.39 is 17.3 Å². The Labute approximate surface area is 222 Å². The van der Waals surface area contributed by atoms with Crippen LogP contribution < -0.4 is 4.74 Å². The van der Waals surface area contributed by atoms with Gasteiger partial charge in [-0.15, -0.1) is 0 Å². The lowest BCUT2D eigenvalue weighted by atomic mass is 9.85. The minimum Gasteiger partial charge on any atom is -0.496 e. The number of benzene rings is 2. The van der Waals surface area contributed by atoms with Crippen LogP contribution in [0.2, 0.25) is 0 Å². The Morgan fingerprint density at radius 1 is 1.00 bits per heavy atom. The third kappa shape index (κ3) is 5.18. The number of aromatic nitrogens is 1. The Hall–Kier alpha value is -3.65. The van der Waals surface area contributed by atoms with Crippen LogP contribution in [-0.4, -0.2) is 76.4 Å². The molecule has 3 heterocycles. The number of H-pyrrole nitrogens is 1. The first-order chi connectivity index (χ1) is 18.3. The summed E-state index contributed by atoms with van der Waals surface area (Å²) in [6.45, 7) is 4.14. The normalized spacial score (nSPS) is 18.0. The maximum Gasteiger partial charge on any atom is 0.295 e. The second-order valence-electron chi connectivity index (χ2n) is 10.8. The van der Waals surface area contributed by atoms with Gasteiger partial charge in [-0.05, 0) is 43.2 Å². The van der Waals surface area contributed by atoms with Crippen molar-refractivity contribution in [2.75, 3.05) is 33.3 Å². The first-order valence-corrected chi connectivity index (χ1v) is 13.4. The van der Waals surface area contributed by atoms with Gasteiger partial charge in [0.15, 0.2) is 0 Å². The Morgan fingerprint density at radius 3 is 2.34 bits per heavy atom. The van der Waals surface area contributed by atoms with Gasteiger partial charge in [0.2, 0.25) is 0 Å². The number of piperidine rings is 2. The quantitative estimate of drug-likeness (QED) is 0.382. The van der Waals surface area contributed by atoms with Gasteiger partial charge >= 0.3 is 0 Å². The molecule has 2 saturated heterocycles. The van der Waals surface area contributed by atoms with E-state index in [-0.39, 0.29) is 11.5 Å². The number of aliphatic hydroxyl groups is 1. The topological polar surface area (TPSA) is 103 Å².